The predicted octanol–water partition coefficient (Wildman–Crippen LogP) is 10.9. The van der Waals surface area contributed by atoms with Crippen molar-refractivity contribution < 1.29 is 33.7 Å². The monoisotopic (exact) mass is 726 g/mol. The molecule has 0 aromatic rings. The Hall–Kier alpha value is -1.67. The fraction of sp³-hybridized carbons (Fsp3) is 0.930. The summed E-state index contributed by atoms with van der Waals surface area (Å²) in [5, 5.41) is 9.53. The Morgan fingerprint density at radius 2 is 1.00 bits per heavy atom. The summed E-state index contributed by atoms with van der Waals surface area (Å²) in [5.74, 6) is -1.14. The molecular formula is C43H83NO7. The Bertz CT molecular complexity index is 776. The van der Waals surface area contributed by atoms with Gasteiger partial charge in [-0.05, 0) is 70.9 Å². The number of esters is 3. The standard InChI is InChI=1S/C43H83NO7/c1-5-8-11-13-17-23-29-40(30-24-18-14-12-9-6-2)51-41(46)31-25-19-15-20-26-32-44(34-35-45)33-27-21-16-22-28-37-50-43(48)39(4)38-42(47)49-36-10-7-3/h39-40,45H,5-38H2,1-4H3. The number of rotatable bonds is 39. The zero-order valence-electron chi connectivity index (χ0n) is 34.0. The van der Waals surface area contributed by atoms with Crippen molar-refractivity contribution in [3.63, 3.8) is 0 Å². The maximum atomic E-state index is 12.7. The highest BCUT2D eigenvalue weighted by Crippen LogP contribution is 2.18. The van der Waals surface area contributed by atoms with Gasteiger partial charge in [-0.25, -0.2) is 0 Å². The molecule has 8 nitrogen and oxygen atoms in total. The van der Waals surface area contributed by atoms with Crippen molar-refractivity contribution in [2.75, 3.05) is 39.5 Å². The third kappa shape index (κ3) is 33.9. The van der Waals surface area contributed by atoms with Gasteiger partial charge in [0.2, 0.25) is 0 Å². The Morgan fingerprint density at radius 3 is 1.55 bits per heavy atom. The van der Waals surface area contributed by atoms with Crippen molar-refractivity contribution in [1.29, 1.82) is 0 Å². The highest BCUT2D eigenvalue weighted by atomic mass is 16.5. The summed E-state index contributed by atoms with van der Waals surface area (Å²) >= 11 is 0. The normalized spacial score (nSPS) is 12.1. The highest BCUT2D eigenvalue weighted by molar-refractivity contribution is 5.79. The summed E-state index contributed by atoms with van der Waals surface area (Å²) in [6, 6.07) is 0. The second-order valence-corrected chi connectivity index (χ2v) is 14.9. The molecule has 0 bridgehead atoms. The van der Waals surface area contributed by atoms with Crippen molar-refractivity contribution in [2.24, 2.45) is 5.92 Å². The summed E-state index contributed by atoms with van der Waals surface area (Å²) in [7, 11) is 0. The van der Waals surface area contributed by atoms with Crippen LogP contribution in [0.15, 0.2) is 0 Å². The third-order valence-electron chi connectivity index (χ3n) is 9.83. The number of ether oxygens (including phenoxy) is 3. The van der Waals surface area contributed by atoms with Crippen molar-refractivity contribution >= 4 is 17.9 Å². The number of hydrogen-bond acceptors (Lipinski definition) is 8. The molecule has 0 aliphatic heterocycles. The van der Waals surface area contributed by atoms with E-state index < -0.39 is 5.92 Å². The maximum absolute atomic E-state index is 12.7. The van der Waals surface area contributed by atoms with Crippen molar-refractivity contribution in [3.05, 3.63) is 0 Å². The lowest BCUT2D eigenvalue weighted by Crippen LogP contribution is -2.29. The van der Waals surface area contributed by atoms with Crippen LogP contribution in [0.25, 0.3) is 0 Å². The fourth-order valence-electron chi connectivity index (χ4n) is 6.43. The second-order valence-electron chi connectivity index (χ2n) is 14.9. The lowest BCUT2D eigenvalue weighted by Gasteiger charge is -2.21. The first-order valence-electron chi connectivity index (χ1n) is 21.7. The molecule has 0 radical (unpaired) electrons. The summed E-state index contributed by atoms with van der Waals surface area (Å²) in [6.07, 6.45) is 30.3. The Kier molecular flexibility index (Phi) is 36.8. The molecule has 0 aliphatic rings. The summed E-state index contributed by atoms with van der Waals surface area (Å²) in [5.41, 5.74) is 0. The molecule has 1 N–H and O–H groups in total. The molecule has 0 aromatic heterocycles. The van der Waals surface area contributed by atoms with Gasteiger partial charge in [0, 0.05) is 13.0 Å². The highest BCUT2D eigenvalue weighted by Gasteiger charge is 2.19. The molecule has 0 aromatic carbocycles. The van der Waals surface area contributed by atoms with Crippen molar-refractivity contribution in [1.82, 2.24) is 4.90 Å². The van der Waals surface area contributed by atoms with E-state index in [-0.39, 0.29) is 37.0 Å². The van der Waals surface area contributed by atoms with E-state index in [1.165, 1.54) is 77.0 Å². The number of carbonyl (C=O) groups is 3. The molecular weight excluding hydrogens is 642 g/mol. The lowest BCUT2D eigenvalue weighted by atomic mass is 10.0. The average Bonchev–Trinajstić information content (AvgIpc) is 3.11. The van der Waals surface area contributed by atoms with Crippen LogP contribution in [0, 0.1) is 5.92 Å². The predicted molar refractivity (Wildman–Crippen MR) is 211 cm³/mol. The minimum Gasteiger partial charge on any atom is -0.466 e. The van der Waals surface area contributed by atoms with Gasteiger partial charge in [-0.15, -0.1) is 0 Å². The van der Waals surface area contributed by atoms with Gasteiger partial charge in [-0.2, -0.15) is 0 Å². The molecule has 51 heavy (non-hydrogen) atoms. The van der Waals surface area contributed by atoms with Crippen LogP contribution < -0.4 is 0 Å². The largest absolute Gasteiger partial charge is 0.466 e. The molecule has 8 heteroatoms. The number of carbonyl (C=O) groups excluding carboxylic acids is 3. The van der Waals surface area contributed by atoms with Crippen LogP contribution in [0.2, 0.25) is 0 Å². The molecule has 0 saturated carbocycles. The molecule has 0 rings (SSSR count). The van der Waals surface area contributed by atoms with E-state index in [1.807, 2.05) is 6.92 Å². The van der Waals surface area contributed by atoms with E-state index in [2.05, 4.69) is 18.7 Å². The number of hydrogen-bond donors (Lipinski definition) is 1. The number of aliphatic hydroxyl groups is 1. The first-order chi connectivity index (χ1) is 24.9. The Labute approximate surface area is 314 Å². The fourth-order valence-corrected chi connectivity index (χ4v) is 6.43. The van der Waals surface area contributed by atoms with E-state index in [0.717, 1.165) is 103 Å². The Morgan fingerprint density at radius 1 is 0.529 bits per heavy atom. The molecule has 0 fully saturated rings. The van der Waals surface area contributed by atoms with Gasteiger partial charge in [0.05, 0.1) is 32.2 Å². The van der Waals surface area contributed by atoms with E-state index >= 15 is 0 Å². The van der Waals surface area contributed by atoms with Gasteiger partial charge in [-0.1, -0.05) is 137 Å². The van der Waals surface area contributed by atoms with Gasteiger partial charge in [-0.3, -0.25) is 14.4 Å². The first kappa shape index (κ1) is 49.3. The van der Waals surface area contributed by atoms with Crippen LogP contribution in [0.3, 0.4) is 0 Å². The van der Waals surface area contributed by atoms with Crippen LogP contribution in [-0.2, 0) is 28.6 Å². The molecule has 0 amide bonds. The molecule has 1 atom stereocenters. The minimum absolute atomic E-state index is 0.00146. The quantitative estimate of drug-likeness (QED) is 0.0379. The van der Waals surface area contributed by atoms with E-state index in [1.54, 1.807) is 6.92 Å². The molecule has 0 aliphatic carbocycles. The average molecular weight is 726 g/mol. The Balaban J connectivity index is 4.03. The SMILES string of the molecule is CCCCCCCCC(CCCCCCCC)OC(=O)CCCCCCCN(CCO)CCCCCCCOC(=O)C(C)CC(=O)OCCCC. The van der Waals surface area contributed by atoms with Gasteiger partial charge in [0.1, 0.15) is 6.10 Å². The summed E-state index contributed by atoms with van der Waals surface area (Å²) in [4.78, 5) is 39.0. The lowest BCUT2D eigenvalue weighted by molar-refractivity contribution is -0.154. The van der Waals surface area contributed by atoms with Gasteiger partial charge < -0.3 is 24.2 Å². The minimum atomic E-state index is -0.475. The zero-order valence-corrected chi connectivity index (χ0v) is 34.0. The van der Waals surface area contributed by atoms with E-state index in [0.29, 0.717) is 26.2 Å². The zero-order chi connectivity index (χ0) is 37.6. The summed E-state index contributed by atoms with van der Waals surface area (Å²) in [6.45, 7) is 12.0. The maximum Gasteiger partial charge on any atom is 0.309 e. The third-order valence-corrected chi connectivity index (χ3v) is 9.83. The first-order valence-corrected chi connectivity index (χ1v) is 21.7. The van der Waals surface area contributed by atoms with E-state index in [9.17, 15) is 19.5 Å². The molecule has 302 valence electrons. The van der Waals surface area contributed by atoms with Crippen LogP contribution in [0.4, 0.5) is 0 Å². The van der Waals surface area contributed by atoms with Crippen LogP contribution >= 0.6 is 0 Å². The smallest absolute Gasteiger partial charge is 0.309 e. The topological polar surface area (TPSA) is 102 Å². The molecule has 0 heterocycles. The summed E-state index contributed by atoms with van der Waals surface area (Å²) < 4.78 is 16.5. The van der Waals surface area contributed by atoms with Crippen molar-refractivity contribution in [2.45, 2.75) is 214 Å². The van der Waals surface area contributed by atoms with Crippen LogP contribution in [0.1, 0.15) is 207 Å². The second kappa shape index (κ2) is 38.1. The van der Waals surface area contributed by atoms with Gasteiger partial charge >= 0.3 is 17.9 Å². The van der Waals surface area contributed by atoms with Gasteiger partial charge in [0.25, 0.3) is 0 Å². The molecule has 0 spiro atoms. The molecule has 0 saturated heterocycles. The van der Waals surface area contributed by atoms with E-state index in [4.69, 9.17) is 14.2 Å². The number of nitrogens with zero attached hydrogens (tertiary/aromatic N) is 1. The van der Waals surface area contributed by atoms with Crippen LogP contribution in [-0.4, -0.2) is 73.5 Å². The number of aliphatic hydroxyl groups excluding tert-OH is 1. The molecule has 1 unspecified atom stereocenters. The van der Waals surface area contributed by atoms with Crippen LogP contribution in [0.5, 0.6) is 0 Å². The number of unbranched alkanes of at least 4 members (excludes halogenated alkanes) is 19. The van der Waals surface area contributed by atoms with Crippen molar-refractivity contribution in [3.8, 4) is 0 Å². The van der Waals surface area contributed by atoms with Gasteiger partial charge in [0.15, 0.2) is 0 Å².